The molecule has 0 saturated heterocycles. The Kier molecular flexibility index (Phi) is 5.15. The standard InChI is InChI=1S/C18H20N2O4S2/c1-26(23,24)14-10-6-5-8-12(14)17(22)20-18-15(16(19)21)11-7-3-2-4-9-13(11)25-18/h5-6,8,10H,2-4,7,9H2,1H3,(H2,19,21)(H,20,22). The highest BCUT2D eigenvalue weighted by atomic mass is 32.2. The number of nitrogens with one attached hydrogen (secondary N) is 1. The van der Waals surface area contributed by atoms with Gasteiger partial charge in [-0.1, -0.05) is 18.6 Å². The molecule has 0 fully saturated rings. The van der Waals surface area contributed by atoms with Crippen molar-refractivity contribution in [3.8, 4) is 0 Å². The zero-order valence-corrected chi connectivity index (χ0v) is 16.0. The number of anilines is 1. The molecule has 0 bridgehead atoms. The van der Waals surface area contributed by atoms with Crippen molar-refractivity contribution in [2.75, 3.05) is 11.6 Å². The van der Waals surface area contributed by atoms with Crippen molar-refractivity contribution in [2.45, 2.75) is 37.0 Å². The number of hydrogen-bond donors (Lipinski definition) is 2. The van der Waals surface area contributed by atoms with Gasteiger partial charge in [-0.3, -0.25) is 9.59 Å². The van der Waals surface area contributed by atoms with Crippen LogP contribution >= 0.6 is 11.3 Å². The number of benzene rings is 1. The Morgan fingerprint density at radius 2 is 1.81 bits per heavy atom. The average molecular weight is 393 g/mol. The molecule has 1 aliphatic rings. The van der Waals surface area contributed by atoms with Crippen LogP contribution in [0.5, 0.6) is 0 Å². The van der Waals surface area contributed by atoms with E-state index in [2.05, 4.69) is 5.32 Å². The highest BCUT2D eigenvalue weighted by molar-refractivity contribution is 7.90. The van der Waals surface area contributed by atoms with Gasteiger partial charge in [-0.2, -0.15) is 0 Å². The Labute approximate surface area is 156 Å². The Bertz CT molecular complexity index is 977. The minimum atomic E-state index is -3.55. The maximum Gasteiger partial charge on any atom is 0.257 e. The van der Waals surface area contributed by atoms with Crippen molar-refractivity contribution < 1.29 is 18.0 Å². The summed E-state index contributed by atoms with van der Waals surface area (Å²) < 4.78 is 23.9. The summed E-state index contributed by atoms with van der Waals surface area (Å²) in [4.78, 5) is 25.7. The summed E-state index contributed by atoms with van der Waals surface area (Å²) in [6.07, 6.45) is 5.80. The molecule has 6 nitrogen and oxygen atoms in total. The molecule has 0 unspecified atom stereocenters. The Balaban J connectivity index is 2.00. The van der Waals surface area contributed by atoms with Gasteiger partial charge in [0, 0.05) is 11.1 Å². The summed E-state index contributed by atoms with van der Waals surface area (Å²) in [6, 6.07) is 6.01. The van der Waals surface area contributed by atoms with Gasteiger partial charge in [0.2, 0.25) is 0 Å². The van der Waals surface area contributed by atoms with Gasteiger partial charge >= 0.3 is 0 Å². The quantitative estimate of drug-likeness (QED) is 0.780. The number of hydrogen-bond acceptors (Lipinski definition) is 5. The number of carbonyl (C=O) groups excluding carboxylic acids is 2. The molecule has 2 aromatic rings. The molecule has 0 radical (unpaired) electrons. The van der Waals surface area contributed by atoms with E-state index in [1.54, 1.807) is 12.1 Å². The van der Waals surface area contributed by atoms with Gasteiger partial charge < -0.3 is 11.1 Å². The van der Waals surface area contributed by atoms with Gasteiger partial charge in [0.05, 0.1) is 16.0 Å². The second-order valence-corrected chi connectivity index (χ2v) is 9.44. The molecule has 1 aliphatic carbocycles. The van der Waals surface area contributed by atoms with Crippen molar-refractivity contribution in [3.05, 3.63) is 45.8 Å². The minimum absolute atomic E-state index is 0.0451. The molecule has 8 heteroatoms. The second kappa shape index (κ2) is 7.20. The van der Waals surface area contributed by atoms with Crippen LogP contribution in [0.2, 0.25) is 0 Å². The topological polar surface area (TPSA) is 106 Å². The molecule has 1 heterocycles. The van der Waals surface area contributed by atoms with Crippen LogP contribution in [-0.2, 0) is 22.7 Å². The first-order valence-corrected chi connectivity index (χ1v) is 11.0. The van der Waals surface area contributed by atoms with E-state index in [4.69, 9.17) is 5.73 Å². The van der Waals surface area contributed by atoms with Gasteiger partial charge in [-0.25, -0.2) is 8.42 Å². The molecule has 0 spiro atoms. The van der Waals surface area contributed by atoms with E-state index in [1.165, 1.54) is 23.5 Å². The fourth-order valence-electron chi connectivity index (χ4n) is 3.24. The summed E-state index contributed by atoms with van der Waals surface area (Å²) >= 11 is 1.36. The lowest BCUT2D eigenvalue weighted by atomic mass is 10.1. The number of primary amides is 1. The van der Waals surface area contributed by atoms with Gasteiger partial charge in [-0.05, 0) is 43.4 Å². The van der Waals surface area contributed by atoms with E-state index >= 15 is 0 Å². The van der Waals surface area contributed by atoms with Gasteiger partial charge in [0.25, 0.3) is 11.8 Å². The number of sulfone groups is 1. The predicted molar refractivity (Wildman–Crippen MR) is 102 cm³/mol. The lowest BCUT2D eigenvalue weighted by molar-refractivity contribution is 0.100. The summed E-state index contributed by atoms with van der Waals surface area (Å²) in [5.74, 6) is -1.14. The summed E-state index contributed by atoms with van der Waals surface area (Å²) in [6.45, 7) is 0. The normalized spacial score (nSPS) is 14.3. The zero-order chi connectivity index (χ0) is 18.9. The summed E-state index contributed by atoms with van der Waals surface area (Å²) in [5.41, 5.74) is 6.90. The second-order valence-electron chi connectivity index (χ2n) is 6.36. The predicted octanol–water partition coefficient (Wildman–Crippen LogP) is 2.77. The fourth-order valence-corrected chi connectivity index (χ4v) is 5.42. The highest BCUT2D eigenvalue weighted by Gasteiger charge is 2.26. The summed E-state index contributed by atoms with van der Waals surface area (Å²) in [7, 11) is -3.55. The number of fused-ring (bicyclic) bond motifs is 1. The van der Waals surface area contributed by atoms with Crippen molar-refractivity contribution in [1.82, 2.24) is 0 Å². The molecular weight excluding hydrogens is 372 g/mol. The van der Waals surface area contributed by atoms with Crippen molar-refractivity contribution >= 4 is 38.0 Å². The molecule has 3 N–H and O–H groups in total. The molecule has 1 aromatic heterocycles. The largest absolute Gasteiger partial charge is 0.365 e. The lowest BCUT2D eigenvalue weighted by Gasteiger charge is -2.09. The molecule has 2 amide bonds. The first-order valence-electron chi connectivity index (χ1n) is 8.34. The molecular formula is C18H20N2O4S2. The van der Waals surface area contributed by atoms with Crippen molar-refractivity contribution in [3.63, 3.8) is 0 Å². The third kappa shape index (κ3) is 3.66. The van der Waals surface area contributed by atoms with Crippen LogP contribution in [0, 0.1) is 0 Å². The fraction of sp³-hybridized carbons (Fsp3) is 0.333. The van der Waals surface area contributed by atoms with Crippen molar-refractivity contribution in [2.24, 2.45) is 5.73 Å². The smallest absolute Gasteiger partial charge is 0.257 e. The number of thiophene rings is 1. The first-order chi connectivity index (χ1) is 12.3. The molecule has 26 heavy (non-hydrogen) atoms. The van der Waals surface area contributed by atoms with Crippen LogP contribution in [0.25, 0.3) is 0 Å². The monoisotopic (exact) mass is 392 g/mol. The third-order valence-corrected chi connectivity index (χ3v) is 6.79. The number of aryl methyl sites for hydroxylation is 1. The van der Waals surface area contributed by atoms with E-state index < -0.39 is 21.7 Å². The SMILES string of the molecule is CS(=O)(=O)c1ccccc1C(=O)Nc1sc2c(c1C(N)=O)CCCCC2. The number of rotatable bonds is 4. The summed E-state index contributed by atoms with van der Waals surface area (Å²) in [5, 5.41) is 3.11. The first kappa shape index (κ1) is 18.6. The maximum atomic E-state index is 12.7. The van der Waals surface area contributed by atoms with Gasteiger partial charge in [0.15, 0.2) is 9.84 Å². The molecule has 0 aliphatic heterocycles. The Morgan fingerprint density at radius 3 is 2.50 bits per heavy atom. The Morgan fingerprint density at radius 1 is 1.12 bits per heavy atom. The maximum absolute atomic E-state index is 12.7. The third-order valence-electron chi connectivity index (χ3n) is 4.43. The molecule has 0 saturated carbocycles. The zero-order valence-electron chi connectivity index (χ0n) is 14.4. The number of amides is 2. The van der Waals surface area contributed by atoms with Crippen LogP contribution in [0.3, 0.4) is 0 Å². The molecule has 3 rings (SSSR count). The van der Waals surface area contributed by atoms with Crippen LogP contribution in [0.1, 0.15) is 50.4 Å². The number of carbonyl (C=O) groups is 2. The van der Waals surface area contributed by atoms with Crippen LogP contribution in [0.15, 0.2) is 29.2 Å². The minimum Gasteiger partial charge on any atom is -0.365 e. The van der Waals surface area contributed by atoms with E-state index in [-0.39, 0.29) is 10.5 Å². The van der Waals surface area contributed by atoms with Gasteiger partial charge in [-0.15, -0.1) is 11.3 Å². The van der Waals surface area contributed by atoms with E-state index in [0.29, 0.717) is 10.6 Å². The van der Waals surface area contributed by atoms with Crippen LogP contribution < -0.4 is 11.1 Å². The lowest BCUT2D eigenvalue weighted by Crippen LogP contribution is -2.19. The highest BCUT2D eigenvalue weighted by Crippen LogP contribution is 2.37. The van der Waals surface area contributed by atoms with Crippen molar-refractivity contribution in [1.29, 1.82) is 0 Å². The van der Waals surface area contributed by atoms with Crippen LogP contribution in [0.4, 0.5) is 5.00 Å². The molecule has 138 valence electrons. The van der Waals surface area contributed by atoms with E-state index in [0.717, 1.165) is 48.8 Å². The van der Waals surface area contributed by atoms with Crippen LogP contribution in [-0.4, -0.2) is 26.5 Å². The Hall–Kier alpha value is -2.19. The average Bonchev–Trinajstić information content (AvgIpc) is 2.75. The number of nitrogens with two attached hydrogens (primary N) is 1. The van der Waals surface area contributed by atoms with Gasteiger partial charge in [0.1, 0.15) is 5.00 Å². The van der Waals surface area contributed by atoms with E-state index in [9.17, 15) is 18.0 Å². The molecule has 1 aromatic carbocycles. The molecule has 0 atom stereocenters. The van der Waals surface area contributed by atoms with E-state index in [1.807, 2.05) is 0 Å².